The summed E-state index contributed by atoms with van der Waals surface area (Å²) in [6.07, 6.45) is 12.2. The van der Waals surface area contributed by atoms with Gasteiger partial charge in [0.15, 0.2) is 5.78 Å². The number of Topliss-reactive ketones (excluding diaryl/α,β-unsaturated/α-hetero) is 1. The standard InChI is InChI=1S/C23H27N3O/c1-6-8-9-10-15(3)20-18-11-12-19-17(7-2)21(27)16(14-24)13-23(19,4)22(18)25-26(20)5/h6,8-10,13,17,19H,1,7,11-12H2,2-5H3/b9-8-,15-10+/t17-,19?,23-/m0/s1. The lowest BCUT2D eigenvalue weighted by Gasteiger charge is -2.45. The van der Waals surface area contributed by atoms with Gasteiger partial charge in [-0.25, -0.2) is 0 Å². The summed E-state index contributed by atoms with van der Waals surface area (Å²) >= 11 is 0. The molecule has 3 rings (SSSR count). The fourth-order valence-corrected chi connectivity index (χ4v) is 4.97. The SMILES string of the molecule is C=C/C=C\C=C(/C)c1c2c(nn1C)[C@@]1(C)C=C(C#N)C(=O)[C@@H](CC)C1CC2. The molecule has 4 nitrogen and oxygen atoms in total. The van der Waals surface area contributed by atoms with E-state index in [1.165, 1.54) is 5.56 Å². The molecule has 0 N–H and O–H groups in total. The number of hydrogen-bond donors (Lipinski definition) is 0. The first-order valence-electron chi connectivity index (χ1n) is 9.58. The molecule has 2 aliphatic carbocycles. The highest BCUT2D eigenvalue weighted by atomic mass is 16.1. The summed E-state index contributed by atoms with van der Waals surface area (Å²) in [7, 11) is 1.97. The van der Waals surface area contributed by atoms with Gasteiger partial charge in [0.05, 0.1) is 17.0 Å². The van der Waals surface area contributed by atoms with Gasteiger partial charge in [0.2, 0.25) is 0 Å². The summed E-state index contributed by atoms with van der Waals surface area (Å²) in [6.45, 7) is 9.99. The van der Waals surface area contributed by atoms with Crippen molar-refractivity contribution in [1.82, 2.24) is 9.78 Å². The van der Waals surface area contributed by atoms with Gasteiger partial charge in [-0.05, 0) is 37.7 Å². The summed E-state index contributed by atoms with van der Waals surface area (Å²) < 4.78 is 1.95. The average molecular weight is 361 g/mol. The monoisotopic (exact) mass is 361 g/mol. The van der Waals surface area contributed by atoms with Crippen LogP contribution in [0.2, 0.25) is 0 Å². The number of aromatic nitrogens is 2. The van der Waals surface area contributed by atoms with Crippen molar-refractivity contribution >= 4 is 11.4 Å². The molecule has 0 spiro atoms. The van der Waals surface area contributed by atoms with Crippen LogP contribution >= 0.6 is 0 Å². The van der Waals surface area contributed by atoms with Crippen LogP contribution in [-0.2, 0) is 23.7 Å². The fourth-order valence-electron chi connectivity index (χ4n) is 4.97. The minimum Gasteiger partial charge on any atom is -0.293 e. The lowest BCUT2D eigenvalue weighted by atomic mass is 9.57. The van der Waals surface area contributed by atoms with Gasteiger partial charge in [-0.1, -0.05) is 50.8 Å². The lowest BCUT2D eigenvalue weighted by Crippen LogP contribution is -2.46. The van der Waals surface area contributed by atoms with Crippen LogP contribution < -0.4 is 0 Å². The first kappa shape index (κ1) is 19.1. The van der Waals surface area contributed by atoms with Gasteiger partial charge in [0, 0.05) is 23.9 Å². The number of carbonyl (C=O) groups is 1. The molecule has 1 aromatic heterocycles. The van der Waals surface area contributed by atoms with E-state index in [-0.39, 0.29) is 23.0 Å². The largest absolute Gasteiger partial charge is 0.293 e. The molecule has 140 valence electrons. The molecule has 2 aliphatic rings. The van der Waals surface area contributed by atoms with Crippen LogP contribution in [0.5, 0.6) is 0 Å². The predicted molar refractivity (Wildman–Crippen MR) is 108 cm³/mol. The van der Waals surface area contributed by atoms with E-state index < -0.39 is 0 Å². The third-order valence-corrected chi connectivity index (χ3v) is 6.19. The highest BCUT2D eigenvalue weighted by Crippen LogP contribution is 2.51. The molecule has 27 heavy (non-hydrogen) atoms. The Hall–Kier alpha value is -2.67. The van der Waals surface area contributed by atoms with Crippen LogP contribution in [0.15, 0.2) is 42.5 Å². The van der Waals surface area contributed by atoms with Gasteiger partial charge in [0.1, 0.15) is 6.07 Å². The van der Waals surface area contributed by atoms with Crippen molar-refractivity contribution < 1.29 is 4.79 Å². The summed E-state index contributed by atoms with van der Waals surface area (Å²) in [6, 6.07) is 2.13. The number of carbonyl (C=O) groups excluding carboxylic acids is 1. The molecule has 1 heterocycles. The molecule has 0 aromatic carbocycles. The van der Waals surface area contributed by atoms with Gasteiger partial charge >= 0.3 is 0 Å². The minimum absolute atomic E-state index is 0.00715. The van der Waals surface area contributed by atoms with Gasteiger partial charge in [-0.2, -0.15) is 10.4 Å². The molecule has 0 bridgehead atoms. The van der Waals surface area contributed by atoms with E-state index in [1.807, 2.05) is 36.9 Å². The number of ketones is 1. The Kier molecular flexibility index (Phi) is 5.06. The van der Waals surface area contributed by atoms with Crippen molar-refractivity contribution in [2.45, 2.75) is 45.4 Å². The van der Waals surface area contributed by atoms with Crippen molar-refractivity contribution in [3.63, 3.8) is 0 Å². The van der Waals surface area contributed by atoms with Crippen LogP contribution in [0.25, 0.3) is 5.57 Å². The van der Waals surface area contributed by atoms with Crippen LogP contribution in [0.4, 0.5) is 0 Å². The number of rotatable bonds is 4. The van der Waals surface area contributed by atoms with Crippen LogP contribution in [0, 0.1) is 23.2 Å². The summed E-state index contributed by atoms with van der Waals surface area (Å²) in [5.74, 6) is 0.112. The quantitative estimate of drug-likeness (QED) is 0.745. The molecule has 0 fully saturated rings. The van der Waals surface area contributed by atoms with E-state index in [0.717, 1.165) is 36.2 Å². The molecule has 1 unspecified atom stereocenters. The second-order valence-electron chi connectivity index (χ2n) is 7.75. The Morgan fingerprint density at radius 3 is 2.89 bits per heavy atom. The first-order valence-corrected chi connectivity index (χ1v) is 9.58. The van der Waals surface area contributed by atoms with E-state index in [9.17, 15) is 10.1 Å². The highest BCUT2D eigenvalue weighted by molar-refractivity contribution is 6.02. The zero-order valence-corrected chi connectivity index (χ0v) is 16.6. The molecule has 0 radical (unpaired) electrons. The molecular formula is C23H27N3O. The Balaban J connectivity index is 2.18. The maximum atomic E-state index is 12.7. The summed E-state index contributed by atoms with van der Waals surface area (Å²) in [5, 5.41) is 14.4. The van der Waals surface area contributed by atoms with Crippen molar-refractivity contribution in [1.29, 1.82) is 5.26 Å². The van der Waals surface area contributed by atoms with Crippen molar-refractivity contribution in [3.05, 3.63) is 59.5 Å². The maximum absolute atomic E-state index is 12.7. The van der Waals surface area contributed by atoms with Crippen LogP contribution in [0.3, 0.4) is 0 Å². The number of hydrogen-bond acceptors (Lipinski definition) is 3. The van der Waals surface area contributed by atoms with E-state index in [0.29, 0.717) is 5.57 Å². The number of nitriles is 1. The second kappa shape index (κ2) is 7.15. The zero-order valence-electron chi connectivity index (χ0n) is 16.6. The third-order valence-electron chi connectivity index (χ3n) is 6.19. The highest BCUT2D eigenvalue weighted by Gasteiger charge is 2.51. The molecule has 0 saturated carbocycles. The van der Waals surface area contributed by atoms with E-state index in [2.05, 4.69) is 32.6 Å². The van der Waals surface area contributed by atoms with E-state index in [4.69, 9.17) is 5.10 Å². The normalized spacial score (nSPS) is 27.7. The molecule has 0 saturated heterocycles. The lowest BCUT2D eigenvalue weighted by molar-refractivity contribution is -0.122. The van der Waals surface area contributed by atoms with Crippen molar-refractivity contribution in [2.24, 2.45) is 18.9 Å². The Bertz CT molecular complexity index is 922. The summed E-state index contributed by atoms with van der Waals surface area (Å²) in [4.78, 5) is 12.7. The van der Waals surface area contributed by atoms with Gasteiger partial charge in [0.25, 0.3) is 0 Å². The summed E-state index contributed by atoms with van der Waals surface area (Å²) in [5.41, 5.74) is 4.47. The van der Waals surface area contributed by atoms with E-state index in [1.54, 1.807) is 6.08 Å². The number of nitrogens with zero attached hydrogens (tertiary/aromatic N) is 3. The number of aryl methyl sites for hydroxylation is 1. The Morgan fingerprint density at radius 1 is 1.52 bits per heavy atom. The molecule has 1 aromatic rings. The van der Waals surface area contributed by atoms with E-state index >= 15 is 0 Å². The van der Waals surface area contributed by atoms with Crippen LogP contribution in [0.1, 0.15) is 50.6 Å². The predicted octanol–water partition coefficient (Wildman–Crippen LogP) is 4.44. The molecule has 0 aliphatic heterocycles. The molecule has 4 heteroatoms. The van der Waals surface area contributed by atoms with Gasteiger partial charge < -0.3 is 0 Å². The molecule has 3 atom stereocenters. The Labute approximate surface area is 161 Å². The first-order chi connectivity index (χ1) is 12.9. The number of allylic oxidation sites excluding steroid dienone is 7. The van der Waals surface area contributed by atoms with Crippen molar-refractivity contribution in [3.8, 4) is 6.07 Å². The average Bonchev–Trinajstić information content (AvgIpc) is 2.99. The maximum Gasteiger partial charge on any atom is 0.176 e. The molecular weight excluding hydrogens is 334 g/mol. The third kappa shape index (κ3) is 2.92. The van der Waals surface area contributed by atoms with Gasteiger partial charge in [-0.15, -0.1) is 0 Å². The minimum atomic E-state index is -0.375. The fraction of sp³-hybridized carbons (Fsp3) is 0.435. The topological polar surface area (TPSA) is 58.7 Å². The molecule has 0 amide bonds. The number of fused-ring (bicyclic) bond motifs is 3. The van der Waals surface area contributed by atoms with Crippen molar-refractivity contribution in [2.75, 3.05) is 0 Å². The van der Waals surface area contributed by atoms with Gasteiger partial charge in [-0.3, -0.25) is 9.48 Å². The Morgan fingerprint density at radius 2 is 2.26 bits per heavy atom. The smallest absolute Gasteiger partial charge is 0.176 e. The zero-order chi connectivity index (χ0) is 19.8. The van der Waals surface area contributed by atoms with Crippen LogP contribution in [-0.4, -0.2) is 15.6 Å². The second-order valence-corrected chi connectivity index (χ2v) is 7.75.